The molecule has 1 aliphatic carbocycles. The molecule has 0 radical (unpaired) electrons. The summed E-state index contributed by atoms with van der Waals surface area (Å²) in [5, 5.41) is 20.0. The zero-order valence-electron chi connectivity index (χ0n) is 47.6. The molecular formula is C58H68Cl2N14O9. The van der Waals surface area contributed by atoms with Crippen molar-refractivity contribution in [2.45, 2.75) is 12.8 Å². The van der Waals surface area contributed by atoms with Gasteiger partial charge in [0.05, 0.1) is 58.3 Å². The van der Waals surface area contributed by atoms with Gasteiger partial charge < -0.3 is 93.8 Å². The molecule has 5 heterocycles. The maximum absolute atomic E-state index is 13.8. The Kier molecular flexibility index (Phi) is 20.0. The third-order valence-electron chi connectivity index (χ3n) is 14.0. The van der Waals surface area contributed by atoms with Gasteiger partial charge in [-0.05, 0) is 78.9 Å². The highest BCUT2D eigenvalue weighted by molar-refractivity contribution is 6.29. The van der Waals surface area contributed by atoms with Gasteiger partial charge in [-0.3, -0.25) is 43.2 Å². The largest absolute Gasteiger partial charge is 1.00 e. The number of amides is 7. The molecule has 7 N–H and O–H groups in total. The van der Waals surface area contributed by atoms with E-state index in [1.54, 1.807) is 144 Å². The second kappa shape index (κ2) is 26.3. The maximum Gasteiger partial charge on any atom is 0.279 e. The lowest BCUT2D eigenvalue weighted by Crippen LogP contribution is -3.00. The number of benzene rings is 2. The maximum atomic E-state index is 13.8. The van der Waals surface area contributed by atoms with E-state index >= 15 is 0 Å². The summed E-state index contributed by atoms with van der Waals surface area (Å²) in [7, 11) is 16.2. The first-order valence-corrected chi connectivity index (χ1v) is 26.2. The summed E-state index contributed by atoms with van der Waals surface area (Å²) in [5.74, 6) is -3.11. The number of nitrogens with one attached hydrogen (secondary N) is 7. The first-order valence-electron chi connectivity index (χ1n) is 26.2. The fourth-order valence-corrected chi connectivity index (χ4v) is 9.80. The zero-order chi connectivity index (χ0) is 58.5. The van der Waals surface area contributed by atoms with E-state index in [0.717, 1.165) is 0 Å². The molecular weight excluding hydrogens is 1110 g/mol. The monoisotopic (exact) mass is 1170 g/mol. The molecule has 25 heteroatoms. The van der Waals surface area contributed by atoms with Crippen molar-refractivity contribution in [3.63, 3.8) is 0 Å². The highest BCUT2D eigenvalue weighted by atomic mass is 35.5. The molecule has 0 spiro atoms. The van der Waals surface area contributed by atoms with Crippen LogP contribution in [0.25, 0.3) is 0 Å². The van der Waals surface area contributed by atoms with Gasteiger partial charge in [0.15, 0.2) is 24.7 Å². The quantitative estimate of drug-likeness (QED) is 0.0310. The van der Waals surface area contributed by atoms with Crippen LogP contribution in [0.2, 0.25) is 0 Å². The van der Waals surface area contributed by atoms with E-state index in [-0.39, 0.29) is 100 Å². The molecule has 438 valence electrons. The fourth-order valence-electron chi connectivity index (χ4n) is 9.80. The number of anilines is 5. The predicted molar refractivity (Wildman–Crippen MR) is 306 cm³/mol. The van der Waals surface area contributed by atoms with Crippen LogP contribution in [0.3, 0.4) is 0 Å². The molecule has 7 aromatic rings. The standard InChI is InChI=1S/C58H66N14O9.2ClH/c1-66-22-10-14-45(66)56(79)63-38-28-47(68(3)31-38)54(77)59-20-12-24-71(6,7)34-50(73)61-36-16-18-41-43(26-36)52(75)42-19-17-37(27-44(42)53(41)76)62-51(74)35-72(8,9)25-13-21-60-55(78)48-29-39(32-69(48)4)65-58(81)49-30-40(33-70(49)5)64-57(80)46-15-11-23-67(46)2;;/h10-11,14-19,22-23,26-33H,12-13,20-21,24-25,34-35H2,1-9H3,(H5-2,59,60,61,62,63,64,65,73,74,75,76,77,78,79,80,81);2*1H. The number of halogens is 2. The van der Waals surface area contributed by atoms with Crippen molar-refractivity contribution in [1.82, 2.24) is 33.5 Å². The number of rotatable bonds is 22. The lowest BCUT2D eigenvalue weighted by atomic mass is 9.83. The van der Waals surface area contributed by atoms with Gasteiger partial charge in [0.1, 0.15) is 28.5 Å². The van der Waals surface area contributed by atoms with E-state index in [4.69, 9.17) is 0 Å². The number of hydrogen-bond donors (Lipinski definition) is 7. The van der Waals surface area contributed by atoms with Gasteiger partial charge in [0.2, 0.25) is 0 Å². The molecule has 5 aromatic heterocycles. The normalized spacial score (nSPS) is 11.8. The van der Waals surface area contributed by atoms with Crippen molar-refractivity contribution in [3.8, 4) is 0 Å². The average Bonchev–Trinajstić information content (AvgIpc) is 4.34. The van der Waals surface area contributed by atoms with Crippen LogP contribution in [-0.2, 0) is 44.8 Å². The minimum Gasteiger partial charge on any atom is -1.00 e. The Labute approximate surface area is 492 Å². The molecule has 2 aromatic carbocycles. The van der Waals surface area contributed by atoms with E-state index < -0.39 is 17.5 Å². The van der Waals surface area contributed by atoms with Crippen LogP contribution in [0.4, 0.5) is 28.4 Å². The molecule has 0 fully saturated rings. The van der Waals surface area contributed by atoms with Crippen LogP contribution in [-0.4, -0.2) is 152 Å². The summed E-state index contributed by atoms with van der Waals surface area (Å²) >= 11 is 0. The molecule has 83 heavy (non-hydrogen) atoms. The number of hydrogen-bond acceptors (Lipinski definition) is 9. The van der Waals surface area contributed by atoms with Crippen LogP contribution in [0.5, 0.6) is 0 Å². The van der Waals surface area contributed by atoms with Crippen molar-refractivity contribution < 1.29 is 76.9 Å². The van der Waals surface area contributed by atoms with E-state index in [1.807, 2.05) is 28.2 Å². The van der Waals surface area contributed by atoms with Crippen LogP contribution in [0, 0.1) is 0 Å². The van der Waals surface area contributed by atoms with E-state index in [2.05, 4.69) is 37.2 Å². The van der Waals surface area contributed by atoms with Crippen LogP contribution in [0.15, 0.2) is 110 Å². The molecule has 0 atom stereocenters. The molecule has 23 nitrogen and oxygen atoms in total. The van der Waals surface area contributed by atoms with E-state index in [9.17, 15) is 43.2 Å². The zero-order valence-corrected chi connectivity index (χ0v) is 49.1. The minimum atomic E-state index is -0.430. The molecule has 7 amide bonds. The minimum absolute atomic E-state index is 0. The SMILES string of the molecule is Cn1cc(NC(=O)c2cccn2C)cc1C(=O)NCCC[N+](C)(C)CC(=O)Nc1ccc2c(c1)C(=O)c1ccc(NC(=O)C[N+](C)(C)CCCNC(=O)c3cc(NC(=O)c4cc(NC(=O)c5cccn5C)cn4C)cn3C)cc1C2=O.[Cl-].[Cl-]. The van der Waals surface area contributed by atoms with Gasteiger partial charge in [-0.2, -0.15) is 0 Å². The van der Waals surface area contributed by atoms with Gasteiger partial charge >= 0.3 is 0 Å². The van der Waals surface area contributed by atoms with Crippen LogP contribution >= 0.6 is 0 Å². The summed E-state index contributed by atoms with van der Waals surface area (Å²) in [5.41, 5.74) is 4.62. The number of quaternary nitrogens is 2. The summed E-state index contributed by atoms with van der Waals surface area (Å²) in [6, 6.07) is 20.8. The van der Waals surface area contributed by atoms with Gasteiger partial charge in [0.25, 0.3) is 41.4 Å². The molecule has 0 saturated heterocycles. The van der Waals surface area contributed by atoms with Crippen molar-refractivity contribution in [2.75, 3.05) is 94.0 Å². The number of likely N-dealkylation sites (N-methyl/N-ethyl adjacent to an activating group) is 2. The van der Waals surface area contributed by atoms with Gasteiger partial charge in [-0.15, -0.1) is 0 Å². The Hall–Kier alpha value is -9.03. The van der Waals surface area contributed by atoms with Gasteiger partial charge in [-0.1, -0.05) is 0 Å². The number of carbonyl (C=O) groups excluding carboxylic acids is 9. The molecule has 0 aliphatic heterocycles. The second-order valence-electron chi connectivity index (χ2n) is 21.7. The summed E-state index contributed by atoms with van der Waals surface area (Å²) in [6.45, 7) is 1.90. The first-order chi connectivity index (χ1) is 38.3. The van der Waals surface area contributed by atoms with E-state index in [1.165, 1.54) is 24.3 Å². The van der Waals surface area contributed by atoms with Crippen LogP contribution in [0.1, 0.15) is 97.1 Å². The first kappa shape index (κ1) is 63.2. The van der Waals surface area contributed by atoms with Crippen molar-refractivity contribution in [2.24, 2.45) is 35.2 Å². The summed E-state index contributed by atoms with van der Waals surface area (Å²) in [4.78, 5) is 119. The van der Waals surface area contributed by atoms with Crippen molar-refractivity contribution in [3.05, 3.63) is 161 Å². The third-order valence-corrected chi connectivity index (χ3v) is 14.0. The molecule has 0 saturated carbocycles. The number of aryl methyl sites for hydroxylation is 5. The van der Waals surface area contributed by atoms with Crippen LogP contribution < -0.4 is 62.0 Å². The number of carbonyl (C=O) groups is 9. The Bertz CT molecular complexity index is 3650. The van der Waals surface area contributed by atoms with Gasteiger partial charge in [-0.25, -0.2) is 0 Å². The predicted octanol–water partition coefficient (Wildman–Crippen LogP) is -1.41. The van der Waals surface area contributed by atoms with Crippen molar-refractivity contribution >= 4 is 81.4 Å². The summed E-state index contributed by atoms with van der Waals surface area (Å²) < 4.78 is 8.81. The summed E-state index contributed by atoms with van der Waals surface area (Å²) in [6.07, 6.45) is 9.57. The highest BCUT2D eigenvalue weighted by Crippen LogP contribution is 2.31. The topological polar surface area (TPSA) is 262 Å². The third kappa shape index (κ3) is 15.3. The Morgan fingerprint density at radius 3 is 1.07 bits per heavy atom. The smallest absolute Gasteiger partial charge is 0.279 e. The molecule has 8 rings (SSSR count). The number of ketones is 2. The lowest BCUT2D eigenvalue weighted by molar-refractivity contribution is -0.882. The molecule has 1 aliphatic rings. The Balaban J connectivity index is 0.00000553. The lowest BCUT2D eigenvalue weighted by Gasteiger charge is -2.29. The highest BCUT2D eigenvalue weighted by Gasteiger charge is 2.32. The average molecular weight is 1180 g/mol. The van der Waals surface area contributed by atoms with Gasteiger partial charge in [0, 0.05) is 126 Å². The molecule has 0 unspecified atom stereocenters. The number of fused-ring (bicyclic) bond motifs is 2. The number of nitrogens with zero attached hydrogens (tertiary/aromatic N) is 7. The fraction of sp³-hybridized carbons (Fsp3) is 0.293. The number of aromatic nitrogens is 5. The van der Waals surface area contributed by atoms with Crippen molar-refractivity contribution in [1.29, 1.82) is 0 Å². The van der Waals surface area contributed by atoms with E-state index in [0.29, 0.717) is 100 Å². The molecule has 0 bridgehead atoms. The Morgan fingerprint density at radius 2 is 0.735 bits per heavy atom. The second-order valence-corrected chi connectivity index (χ2v) is 21.7. The Morgan fingerprint density at radius 1 is 0.398 bits per heavy atom.